The molecule has 0 spiro atoms. The van der Waals surface area contributed by atoms with Crippen molar-refractivity contribution in [1.82, 2.24) is 0 Å². The van der Waals surface area contributed by atoms with Crippen LogP contribution >= 0.6 is 0 Å². The molecule has 1 aliphatic rings. The highest BCUT2D eigenvalue weighted by molar-refractivity contribution is 5.34. The van der Waals surface area contributed by atoms with Crippen LogP contribution in [0.2, 0.25) is 0 Å². The van der Waals surface area contributed by atoms with Crippen LogP contribution in [0.15, 0.2) is 24.3 Å². The second-order valence-corrected chi connectivity index (χ2v) is 5.45. The summed E-state index contributed by atoms with van der Waals surface area (Å²) < 4.78 is 0. The van der Waals surface area contributed by atoms with Crippen molar-refractivity contribution in [3.63, 3.8) is 0 Å². The van der Waals surface area contributed by atoms with Crippen molar-refractivity contribution >= 4 is 0 Å². The molecule has 2 nitrogen and oxygen atoms in total. The minimum atomic E-state index is -0.668. The van der Waals surface area contributed by atoms with Gasteiger partial charge in [-0.3, -0.25) is 0 Å². The van der Waals surface area contributed by atoms with Crippen LogP contribution in [-0.4, -0.2) is 5.11 Å². The Morgan fingerprint density at radius 3 is 2.39 bits per heavy atom. The molecule has 1 aliphatic carbocycles. The van der Waals surface area contributed by atoms with Gasteiger partial charge in [-0.05, 0) is 49.3 Å². The van der Waals surface area contributed by atoms with Crippen molar-refractivity contribution in [3.05, 3.63) is 35.4 Å². The van der Waals surface area contributed by atoms with Crippen LogP contribution in [0.1, 0.15) is 56.6 Å². The minimum Gasteiger partial charge on any atom is -0.385 e. The van der Waals surface area contributed by atoms with E-state index >= 15 is 0 Å². The van der Waals surface area contributed by atoms with Crippen molar-refractivity contribution in [1.29, 1.82) is 5.26 Å². The molecular weight excluding hydrogens is 222 g/mol. The first kappa shape index (κ1) is 13.1. The van der Waals surface area contributed by atoms with E-state index in [0.717, 1.165) is 37.2 Å². The zero-order valence-electron chi connectivity index (χ0n) is 11.0. The standard InChI is InChI=1S/C16H21NO/c1-2-3-13-8-10-16(18,11-9-13)15-6-4-14(12-17)5-7-15/h4-7,13,18H,2-3,8-11H2,1H3. The Labute approximate surface area is 109 Å². The summed E-state index contributed by atoms with van der Waals surface area (Å²) in [5.41, 5.74) is 0.955. The molecule has 1 N–H and O–H groups in total. The van der Waals surface area contributed by atoms with Crippen LogP contribution in [0.25, 0.3) is 0 Å². The monoisotopic (exact) mass is 243 g/mol. The van der Waals surface area contributed by atoms with E-state index in [1.165, 1.54) is 12.8 Å². The van der Waals surface area contributed by atoms with E-state index in [1.54, 1.807) is 12.1 Å². The summed E-state index contributed by atoms with van der Waals surface area (Å²) in [6.07, 6.45) is 6.45. The molecule has 0 saturated heterocycles. The number of rotatable bonds is 3. The molecule has 0 radical (unpaired) electrons. The minimum absolute atomic E-state index is 0.655. The Balaban J connectivity index is 2.06. The van der Waals surface area contributed by atoms with Crippen LogP contribution in [-0.2, 0) is 5.60 Å². The van der Waals surface area contributed by atoms with E-state index < -0.39 is 5.60 Å². The van der Waals surface area contributed by atoms with Crippen molar-refractivity contribution in [3.8, 4) is 6.07 Å². The normalized spacial score (nSPS) is 27.7. The Morgan fingerprint density at radius 1 is 1.28 bits per heavy atom. The zero-order valence-corrected chi connectivity index (χ0v) is 11.0. The fourth-order valence-corrected chi connectivity index (χ4v) is 3.00. The zero-order chi connectivity index (χ0) is 13.0. The lowest BCUT2D eigenvalue weighted by Crippen LogP contribution is -2.31. The van der Waals surface area contributed by atoms with Gasteiger partial charge >= 0.3 is 0 Å². The van der Waals surface area contributed by atoms with Crippen LogP contribution < -0.4 is 0 Å². The smallest absolute Gasteiger partial charge is 0.0991 e. The summed E-state index contributed by atoms with van der Waals surface area (Å²) in [6.45, 7) is 2.22. The van der Waals surface area contributed by atoms with E-state index in [9.17, 15) is 5.11 Å². The van der Waals surface area contributed by atoms with Gasteiger partial charge < -0.3 is 5.11 Å². The third-order valence-corrected chi connectivity index (χ3v) is 4.18. The topological polar surface area (TPSA) is 44.0 Å². The molecule has 1 aromatic rings. The lowest BCUT2D eigenvalue weighted by molar-refractivity contribution is -0.0152. The summed E-state index contributed by atoms with van der Waals surface area (Å²) >= 11 is 0. The van der Waals surface area contributed by atoms with E-state index in [4.69, 9.17) is 5.26 Å². The lowest BCUT2D eigenvalue weighted by atomic mass is 9.74. The average Bonchev–Trinajstić information content (AvgIpc) is 2.42. The number of hydrogen-bond donors (Lipinski definition) is 1. The molecule has 96 valence electrons. The molecule has 0 bridgehead atoms. The molecule has 2 heteroatoms. The highest BCUT2D eigenvalue weighted by atomic mass is 16.3. The average molecular weight is 243 g/mol. The molecule has 0 heterocycles. The van der Waals surface area contributed by atoms with Gasteiger partial charge in [0.1, 0.15) is 0 Å². The molecule has 0 amide bonds. The maximum Gasteiger partial charge on any atom is 0.0991 e. The highest BCUT2D eigenvalue weighted by Gasteiger charge is 2.34. The van der Waals surface area contributed by atoms with E-state index in [1.807, 2.05) is 12.1 Å². The summed E-state index contributed by atoms with van der Waals surface area (Å²) in [6, 6.07) is 9.51. The van der Waals surface area contributed by atoms with Crippen LogP contribution in [0, 0.1) is 17.2 Å². The molecule has 0 unspecified atom stereocenters. The number of nitrogens with zero attached hydrogens (tertiary/aromatic N) is 1. The van der Waals surface area contributed by atoms with Crippen molar-refractivity contribution in [2.24, 2.45) is 5.92 Å². The molecule has 0 aliphatic heterocycles. The lowest BCUT2D eigenvalue weighted by Gasteiger charge is -2.36. The van der Waals surface area contributed by atoms with Crippen LogP contribution in [0.4, 0.5) is 0 Å². The SMILES string of the molecule is CCCC1CCC(O)(c2ccc(C#N)cc2)CC1. The maximum atomic E-state index is 10.7. The second kappa shape index (κ2) is 5.54. The number of aliphatic hydroxyl groups is 1. The van der Waals surface area contributed by atoms with Crippen LogP contribution in [0.5, 0.6) is 0 Å². The predicted molar refractivity (Wildman–Crippen MR) is 71.9 cm³/mol. The largest absolute Gasteiger partial charge is 0.385 e. The van der Waals surface area contributed by atoms with E-state index in [0.29, 0.717) is 5.56 Å². The van der Waals surface area contributed by atoms with E-state index in [-0.39, 0.29) is 0 Å². The third-order valence-electron chi connectivity index (χ3n) is 4.18. The van der Waals surface area contributed by atoms with Crippen molar-refractivity contribution in [2.75, 3.05) is 0 Å². The molecule has 0 aromatic heterocycles. The number of nitriles is 1. The van der Waals surface area contributed by atoms with Gasteiger partial charge in [0, 0.05) is 0 Å². The van der Waals surface area contributed by atoms with E-state index in [2.05, 4.69) is 13.0 Å². The highest BCUT2D eigenvalue weighted by Crippen LogP contribution is 2.40. The molecule has 1 aromatic carbocycles. The van der Waals surface area contributed by atoms with Gasteiger partial charge in [-0.25, -0.2) is 0 Å². The quantitative estimate of drug-likeness (QED) is 0.879. The van der Waals surface area contributed by atoms with Crippen molar-refractivity contribution < 1.29 is 5.11 Å². The molecular formula is C16H21NO. The molecule has 0 atom stereocenters. The van der Waals surface area contributed by atoms with Gasteiger partial charge in [-0.2, -0.15) is 5.26 Å². The van der Waals surface area contributed by atoms with Gasteiger partial charge in [0.15, 0.2) is 0 Å². The Hall–Kier alpha value is -1.33. The van der Waals surface area contributed by atoms with Gasteiger partial charge in [0.2, 0.25) is 0 Å². The van der Waals surface area contributed by atoms with Gasteiger partial charge in [0.25, 0.3) is 0 Å². The first-order chi connectivity index (χ1) is 8.68. The van der Waals surface area contributed by atoms with Gasteiger partial charge in [-0.15, -0.1) is 0 Å². The fraction of sp³-hybridized carbons (Fsp3) is 0.562. The summed E-state index contributed by atoms with van der Waals surface area (Å²) in [5, 5.41) is 19.5. The number of benzene rings is 1. The maximum absolute atomic E-state index is 10.7. The summed E-state index contributed by atoms with van der Waals surface area (Å²) in [5.74, 6) is 0.786. The molecule has 18 heavy (non-hydrogen) atoms. The second-order valence-electron chi connectivity index (χ2n) is 5.45. The van der Waals surface area contributed by atoms with Crippen molar-refractivity contribution in [2.45, 2.75) is 51.0 Å². The first-order valence-electron chi connectivity index (χ1n) is 6.91. The predicted octanol–water partition coefficient (Wildman–Crippen LogP) is 3.74. The Bertz CT molecular complexity index is 421. The number of hydrogen-bond acceptors (Lipinski definition) is 2. The first-order valence-corrected chi connectivity index (χ1v) is 6.91. The summed E-state index contributed by atoms with van der Waals surface area (Å²) in [7, 11) is 0. The van der Waals surface area contributed by atoms with Gasteiger partial charge in [0.05, 0.1) is 17.2 Å². The molecule has 2 rings (SSSR count). The molecule has 1 fully saturated rings. The Kier molecular flexibility index (Phi) is 4.04. The Morgan fingerprint density at radius 2 is 1.89 bits per heavy atom. The fourth-order valence-electron chi connectivity index (χ4n) is 3.00. The van der Waals surface area contributed by atoms with Gasteiger partial charge in [-0.1, -0.05) is 31.9 Å². The van der Waals surface area contributed by atoms with Crippen LogP contribution in [0.3, 0.4) is 0 Å². The summed E-state index contributed by atoms with van der Waals surface area (Å²) in [4.78, 5) is 0. The molecule has 1 saturated carbocycles. The third kappa shape index (κ3) is 2.73.